The SMILES string of the molecule is CC(CO)c1c2c(cc3c1OCCC3)OCCC2. The standard InChI is InChI=1S/C15H20O3/c1-10(9-16)14-12-5-3-6-17-13(12)8-11-4-2-7-18-15(11)14/h8,10,16H,2-7,9H2,1H3. The van der Waals surface area contributed by atoms with Crippen LogP contribution in [-0.2, 0) is 12.8 Å². The van der Waals surface area contributed by atoms with Gasteiger partial charge in [0, 0.05) is 23.7 Å². The molecule has 0 bridgehead atoms. The van der Waals surface area contributed by atoms with Gasteiger partial charge in [-0.25, -0.2) is 0 Å². The summed E-state index contributed by atoms with van der Waals surface area (Å²) < 4.78 is 11.7. The fraction of sp³-hybridized carbons (Fsp3) is 0.600. The van der Waals surface area contributed by atoms with E-state index in [-0.39, 0.29) is 12.5 Å². The van der Waals surface area contributed by atoms with Gasteiger partial charge in [0.05, 0.1) is 13.2 Å². The number of hydrogen-bond acceptors (Lipinski definition) is 3. The molecular formula is C15H20O3. The summed E-state index contributed by atoms with van der Waals surface area (Å²) in [6, 6.07) is 2.15. The second-order valence-electron chi connectivity index (χ2n) is 5.24. The average molecular weight is 248 g/mol. The van der Waals surface area contributed by atoms with E-state index in [0.717, 1.165) is 50.4 Å². The van der Waals surface area contributed by atoms with Crippen molar-refractivity contribution in [2.24, 2.45) is 0 Å². The van der Waals surface area contributed by atoms with Crippen LogP contribution >= 0.6 is 0 Å². The zero-order valence-corrected chi connectivity index (χ0v) is 10.9. The summed E-state index contributed by atoms with van der Waals surface area (Å²) in [4.78, 5) is 0. The maximum atomic E-state index is 9.49. The number of ether oxygens (including phenoxy) is 2. The maximum Gasteiger partial charge on any atom is 0.126 e. The number of hydrogen-bond donors (Lipinski definition) is 1. The van der Waals surface area contributed by atoms with Crippen molar-refractivity contribution in [3.8, 4) is 11.5 Å². The summed E-state index contributed by atoms with van der Waals surface area (Å²) in [5.74, 6) is 2.15. The van der Waals surface area contributed by atoms with Crippen LogP contribution in [0.5, 0.6) is 11.5 Å². The topological polar surface area (TPSA) is 38.7 Å². The number of aryl methyl sites for hydroxylation is 1. The van der Waals surface area contributed by atoms with Gasteiger partial charge in [0.25, 0.3) is 0 Å². The highest BCUT2D eigenvalue weighted by molar-refractivity contribution is 5.56. The molecule has 98 valence electrons. The fourth-order valence-corrected chi connectivity index (χ4v) is 2.98. The Labute approximate surface area is 108 Å². The molecule has 3 heteroatoms. The molecule has 0 saturated heterocycles. The van der Waals surface area contributed by atoms with E-state index >= 15 is 0 Å². The van der Waals surface area contributed by atoms with Crippen LogP contribution in [0.1, 0.15) is 42.4 Å². The van der Waals surface area contributed by atoms with Crippen LogP contribution in [0, 0.1) is 0 Å². The molecular weight excluding hydrogens is 228 g/mol. The van der Waals surface area contributed by atoms with Gasteiger partial charge in [0.1, 0.15) is 11.5 Å². The first-order valence-corrected chi connectivity index (χ1v) is 6.86. The summed E-state index contributed by atoms with van der Waals surface area (Å²) in [7, 11) is 0. The first kappa shape index (κ1) is 11.8. The second kappa shape index (κ2) is 4.81. The molecule has 3 rings (SSSR count). The molecule has 2 aliphatic heterocycles. The molecule has 1 aromatic carbocycles. The van der Waals surface area contributed by atoms with Crippen LogP contribution in [0.2, 0.25) is 0 Å². The van der Waals surface area contributed by atoms with Crippen molar-refractivity contribution in [1.29, 1.82) is 0 Å². The van der Waals surface area contributed by atoms with Gasteiger partial charge < -0.3 is 14.6 Å². The molecule has 0 spiro atoms. The van der Waals surface area contributed by atoms with E-state index in [0.29, 0.717) is 0 Å². The Balaban J connectivity index is 2.17. The van der Waals surface area contributed by atoms with Crippen molar-refractivity contribution >= 4 is 0 Å². The maximum absolute atomic E-state index is 9.49. The summed E-state index contributed by atoms with van der Waals surface area (Å²) >= 11 is 0. The zero-order valence-electron chi connectivity index (χ0n) is 10.9. The third kappa shape index (κ3) is 1.87. The number of aliphatic hydroxyl groups excluding tert-OH is 1. The van der Waals surface area contributed by atoms with Gasteiger partial charge in [-0.3, -0.25) is 0 Å². The van der Waals surface area contributed by atoms with Crippen molar-refractivity contribution in [2.45, 2.75) is 38.5 Å². The lowest BCUT2D eigenvalue weighted by molar-refractivity contribution is 0.248. The van der Waals surface area contributed by atoms with Crippen molar-refractivity contribution in [3.63, 3.8) is 0 Å². The lowest BCUT2D eigenvalue weighted by Crippen LogP contribution is -2.18. The molecule has 1 aromatic rings. The van der Waals surface area contributed by atoms with Crippen molar-refractivity contribution < 1.29 is 14.6 Å². The van der Waals surface area contributed by atoms with Crippen molar-refractivity contribution in [2.75, 3.05) is 19.8 Å². The first-order chi connectivity index (χ1) is 8.81. The number of aliphatic hydroxyl groups is 1. The third-order valence-corrected chi connectivity index (χ3v) is 3.90. The minimum absolute atomic E-state index is 0.119. The van der Waals surface area contributed by atoms with E-state index in [4.69, 9.17) is 9.47 Å². The highest BCUT2D eigenvalue weighted by Gasteiger charge is 2.26. The predicted octanol–water partition coefficient (Wildman–Crippen LogP) is 2.43. The highest BCUT2D eigenvalue weighted by Crippen LogP contribution is 2.43. The van der Waals surface area contributed by atoms with Crippen LogP contribution in [0.3, 0.4) is 0 Å². The molecule has 0 saturated carbocycles. The Hall–Kier alpha value is -1.22. The third-order valence-electron chi connectivity index (χ3n) is 3.90. The molecule has 3 nitrogen and oxygen atoms in total. The lowest BCUT2D eigenvalue weighted by atomic mass is 9.87. The van der Waals surface area contributed by atoms with Gasteiger partial charge in [0.2, 0.25) is 0 Å². The molecule has 0 fully saturated rings. The summed E-state index contributed by atoms with van der Waals surface area (Å²) in [6.07, 6.45) is 4.21. The van der Waals surface area contributed by atoms with Gasteiger partial charge in [-0.15, -0.1) is 0 Å². The molecule has 1 atom stereocenters. The van der Waals surface area contributed by atoms with Crippen molar-refractivity contribution in [1.82, 2.24) is 0 Å². The van der Waals surface area contributed by atoms with Crippen LogP contribution in [-0.4, -0.2) is 24.9 Å². The molecule has 0 aromatic heterocycles. The Morgan fingerprint density at radius 1 is 1.22 bits per heavy atom. The monoisotopic (exact) mass is 248 g/mol. The quantitative estimate of drug-likeness (QED) is 0.873. The molecule has 0 radical (unpaired) electrons. The Kier molecular flexibility index (Phi) is 3.16. The van der Waals surface area contributed by atoms with Crippen LogP contribution in [0.25, 0.3) is 0 Å². The number of fused-ring (bicyclic) bond motifs is 2. The van der Waals surface area contributed by atoms with E-state index in [9.17, 15) is 5.11 Å². The van der Waals surface area contributed by atoms with Gasteiger partial charge >= 0.3 is 0 Å². The minimum atomic E-state index is 0.119. The first-order valence-electron chi connectivity index (χ1n) is 6.86. The van der Waals surface area contributed by atoms with Crippen LogP contribution < -0.4 is 9.47 Å². The largest absolute Gasteiger partial charge is 0.493 e. The molecule has 2 aliphatic rings. The van der Waals surface area contributed by atoms with Crippen molar-refractivity contribution in [3.05, 3.63) is 22.8 Å². The van der Waals surface area contributed by atoms with E-state index in [1.165, 1.54) is 16.7 Å². The van der Waals surface area contributed by atoms with E-state index in [2.05, 4.69) is 13.0 Å². The molecule has 0 amide bonds. The highest BCUT2D eigenvalue weighted by atomic mass is 16.5. The number of benzene rings is 1. The molecule has 2 heterocycles. The molecule has 18 heavy (non-hydrogen) atoms. The van der Waals surface area contributed by atoms with E-state index < -0.39 is 0 Å². The molecule has 1 N–H and O–H groups in total. The van der Waals surface area contributed by atoms with E-state index in [1.807, 2.05) is 0 Å². The van der Waals surface area contributed by atoms with Gasteiger partial charge in [-0.1, -0.05) is 6.92 Å². The van der Waals surface area contributed by atoms with Gasteiger partial charge in [-0.05, 0) is 37.3 Å². The van der Waals surface area contributed by atoms with E-state index in [1.54, 1.807) is 0 Å². The predicted molar refractivity (Wildman–Crippen MR) is 69.6 cm³/mol. The zero-order chi connectivity index (χ0) is 12.5. The minimum Gasteiger partial charge on any atom is -0.493 e. The van der Waals surface area contributed by atoms with Gasteiger partial charge in [0.15, 0.2) is 0 Å². The smallest absolute Gasteiger partial charge is 0.126 e. The normalized spacial score (nSPS) is 19.2. The van der Waals surface area contributed by atoms with Gasteiger partial charge in [-0.2, -0.15) is 0 Å². The second-order valence-corrected chi connectivity index (χ2v) is 5.24. The average Bonchev–Trinajstić information content (AvgIpc) is 2.44. The van der Waals surface area contributed by atoms with Crippen LogP contribution in [0.4, 0.5) is 0 Å². The summed E-state index contributed by atoms with van der Waals surface area (Å²) in [5, 5.41) is 9.49. The Bertz CT molecular complexity index is 419. The summed E-state index contributed by atoms with van der Waals surface area (Å²) in [6.45, 7) is 3.81. The fourth-order valence-electron chi connectivity index (χ4n) is 2.98. The lowest BCUT2D eigenvalue weighted by Gasteiger charge is -2.29. The van der Waals surface area contributed by atoms with Crippen LogP contribution in [0.15, 0.2) is 6.07 Å². The Morgan fingerprint density at radius 3 is 2.83 bits per heavy atom. The molecule has 0 aliphatic carbocycles. The Morgan fingerprint density at radius 2 is 2.00 bits per heavy atom. The molecule has 1 unspecified atom stereocenters. The number of rotatable bonds is 2. The summed E-state index contributed by atoms with van der Waals surface area (Å²) in [5.41, 5.74) is 3.69.